The number of rotatable bonds is 3. The lowest BCUT2D eigenvalue weighted by Crippen LogP contribution is -1.95. The molecule has 0 radical (unpaired) electrons. The maximum atomic E-state index is 11.5. The molecule has 0 aliphatic heterocycles. The summed E-state index contributed by atoms with van der Waals surface area (Å²) in [4.78, 5) is 11.5. The van der Waals surface area contributed by atoms with Crippen molar-refractivity contribution in [2.24, 2.45) is 0 Å². The van der Waals surface area contributed by atoms with E-state index in [1.54, 1.807) is 0 Å². The van der Waals surface area contributed by atoms with Gasteiger partial charge in [-0.2, -0.15) is 0 Å². The molecule has 0 atom stereocenters. The van der Waals surface area contributed by atoms with Gasteiger partial charge in [0.1, 0.15) is 0 Å². The van der Waals surface area contributed by atoms with Crippen LogP contribution in [0.3, 0.4) is 0 Å². The van der Waals surface area contributed by atoms with Gasteiger partial charge in [0.05, 0.1) is 0 Å². The SMILES string of the molecule is CCC(=O)c1ccc(-c2ccc(Br)cc2)cc1. The Morgan fingerprint density at radius 2 is 1.41 bits per heavy atom. The fourth-order valence-electron chi connectivity index (χ4n) is 1.70. The Labute approximate surface area is 110 Å². The molecule has 17 heavy (non-hydrogen) atoms. The molecule has 0 aromatic heterocycles. The third-order valence-corrected chi connectivity index (χ3v) is 3.23. The lowest BCUT2D eigenvalue weighted by molar-refractivity contribution is 0.0988. The van der Waals surface area contributed by atoms with E-state index >= 15 is 0 Å². The lowest BCUT2D eigenvalue weighted by atomic mass is 10.0. The highest BCUT2D eigenvalue weighted by molar-refractivity contribution is 9.10. The van der Waals surface area contributed by atoms with E-state index in [1.165, 1.54) is 0 Å². The normalized spacial score (nSPS) is 10.2. The van der Waals surface area contributed by atoms with Crippen molar-refractivity contribution in [1.29, 1.82) is 0 Å². The summed E-state index contributed by atoms with van der Waals surface area (Å²) >= 11 is 3.41. The van der Waals surface area contributed by atoms with E-state index in [-0.39, 0.29) is 5.78 Å². The molecule has 0 saturated carbocycles. The molecule has 2 heteroatoms. The zero-order valence-electron chi connectivity index (χ0n) is 9.61. The van der Waals surface area contributed by atoms with Crippen molar-refractivity contribution < 1.29 is 4.79 Å². The molecule has 1 nitrogen and oxygen atoms in total. The van der Waals surface area contributed by atoms with E-state index in [9.17, 15) is 4.79 Å². The molecular weight excluding hydrogens is 276 g/mol. The van der Waals surface area contributed by atoms with Gasteiger partial charge in [-0.1, -0.05) is 59.3 Å². The first-order chi connectivity index (χ1) is 8.20. The number of halogens is 1. The van der Waals surface area contributed by atoms with Crippen LogP contribution in [-0.4, -0.2) is 5.78 Å². The van der Waals surface area contributed by atoms with Crippen LogP contribution in [0.15, 0.2) is 53.0 Å². The molecule has 2 rings (SSSR count). The van der Waals surface area contributed by atoms with Crippen molar-refractivity contribution >= 4 is 21.7 Å². The third-order valence-electron chi connectivity index (χ3n) is 2.71. The Hall–Kier alpha value is -1.41. The highest BCUT2D eigenvalue weighted by Gasteiger charge is 2.03. The Morgan fingerprint density at radius 1 is 0.941 bits per heavy atom. The van der Waals surface area contributed by atoms with Crippen molar-refractivity contribution in [2.45, 2.75) is 13.3 Å². The number of benzene rings is 2. The van der Waals surface area contributed by atoms with E-state index in [2.05, 4.69) is 28.1 Å². The van der Waals surface area contributed by atoms with Gasteiger partial charge in [-0.3, -0.25) is 4.79 Å². The molecule has 0 fully saturated rings. The third kappa shape index (κ3) is 2.83. The first-order valence-corrected chi connectivity index (χ1v) is 6.39. The van der Waals surface area contributed by atoms with Crippen LogP contribution in [0.1, 0.15) is 23.7 Å². The van der Waals surface area contributed by atoms with Crippen LogP contribution in [0.5, 0.6) is 0 Å². The fourth-order valence-corrected chi connectivity index (χ4v) is 1.96. The van der Waals surface area contributed by atoms with E-state index in [0.29, 0.717) is 6.42 Å². The molecule has 0 unspecified atom stereocenters. The van der Waals surface area contributed by atoms with Gasteiger partial charge in [0, 0.05) is 16.5 Å². The van der Waals surface area contributed by atoms with Crippen molar-refractivity contribution in [3.05, 3.63) is 58.6 Å². The first-order valence-electron chi connectivity index (χ1n) is 5.60. The van der Waals surface area contributed by atoms with Gasteiger partial charge in [0.2, 0.25) is 0 Å². The number of carbonyl (C=O) groups excluding carboxylic acids is 1. The molecule has 86 valence electrons. The number of hydrogen-bond acceptors (Lipinski definition) is 1. The molecular formula is C15H13BrO. The molecule has 2 aromatic rings. The number of hydrogen-bond donors (Lipinski definition) is 0. The largest absolute Gasteiger partial charge is 0.294 e. The fraction of sp³-hybridized carbons (Fsp3) is 0.133. The molecule has 2 aromatic carbocycles. The predicted molar refractivity (Wildman–Crippen MR) is 74.2 cm³/mol. The predicted octanol–water partition coefficient (Wildman–Crippen LogP) is 4.71. The zero-order valence-corrected chi connectivity index (χ0v) is 11.2. The molecule has 0 aliphatic rings. The summed E-state index contributed by atoms with van der Waals surface area (Å²) in [6, 6.07) is 15.9. The van der Waals surface area contributed by atoms with Gasteiger partial charge in [-0.05, 0) is 23.3 Å². The maximum absolute atomic E-state index is 11.5. The Bertz CT molecular complexity index is 512. The second kappa shape index (κ2) is 5.28. The van der Waals surface area contributed by atoms with Crippen LogP contribution < -0.4 is 0 Å². The Balaban J connectivity index is 2.29. The van der Waals surface area contributed by atoms with Gasteiger partial charge in [-0.25, -0.2) is 0 Å². The molecule has 0 bridgehead atoms. The van der Waals surface area contributed by atoms with Crippen molar-refractivity contribution in [3.8, 4) is 11.1 Å². The monoisotopic (exact) mass is 288 g/mol. The summed E-state index contributed by atoms with van der Waals surface area (Å²) in [5.74, 6) is 0.187. The summed E-state index contributed by atoms with van der Waals surface area (Å²) in [6.45, 7) is 1.88. The molecule has 0 N–H and O–H groups in total. The smallest absolute Gasteiger partial charge is 0.162 e. The maximum Gasteiger partial charge on any atom is 0.162 e. The summed E-state index contributed by atoms with van der Waals surface area (Å²) < 4.78 is 1.07. The van der Waals surface area contributed by atoms with E-state index in [4.69, 9.17) is 0 Å². The molecule has 0 spiro atoms. The van der Waals surface area contributed by atoms with Gasteiger partial charge in [0.25, 0.3) is 0 Å². The number of carbonyl (C=O) groups is 1. The number of Topliss-reactive ketones (excluding diaryl/α,β-unsaturated/α-hetero) is 1. The van der Waals surface area contributed by atoms with Crippen LogP contribution in [0.2, 0.25) is 0 Å². The van der Waals surface area contributed by atoms with Gasteiger partial charge in [0.15, 0.2) is 5.78 Å². The quantitative estimate of drug-likeness (QED) is 0.748. The van der Waals surface area contributed by atoms with Crippen LogP contribution in [-0.2, 0) is 0 Å². The van der Waals surface area contributed by atoms with Crippen LogP contribution in [0.25, 0.3) is 11.1 Å². The standard InChI is InChI=1S/C15H13BrO/c1-2-15(17)13-5-3-11(4-6-13)12-7-9-14(16)10-8-12/h3-10H,2H2,1H3. The zero-order chi connectivity index (χ0) is 12.3. The van der Waals surface area contributed by atoms with Gasteiger partial charge < -0.3 is 0 Å². The molecule has 0 amide bonds. The minimum absolute atomic E-state index is 0.187. The van der Waals surface area contributed by atoms with Crippen molar-refractivity contribution in [1.82, 2.24) is 0 Å². The highest BCUT2D eigenvalue weighted by atomic mass is 79.9. The van der Waals surface area contributed by atoms with Crippen LogP contribution in [0, 0.1) is 0 Å². The minimum Gasteiger partial charge on any atom is -0.294 e. The molecule has 0 aliphatic carbocycles. The first kappa shape index (κ1) is 12.1. The van der Waals surface area contributed by atoms with E-state index < -0.39 is 0 Å². The highest BCUT2D eigenvalue weighted by Crippen LogP contribution is 2.22. The Morgan fingerprint density at radius 3 is 1.88 bits per heavy atom. The summed E-state index contributed by atoms with van der Waals surface area (Å²) in [7, 11) is 0. The van der Waals surface area contributed by atoms with Gasteiger partial charge in [-0.15, -0.1) is 0 Å². The topological polar surface area (TPSA) is 17.1 Å². The van der Waals surface area contributed by atoms with Gasteiger partial charge >= 0.3 is 0 Å². The van der Waals surface area contributed by atoms with Crippen molar-refractivity contribution in [2.75, 3.05) is 0 Å². The summed E-state index contributed by atoms with van der Waals surface area (Å²) in [5.41, 5.74) is 3.07. The van der Waals surface area contributed by atoms with E-state index in [0.717, 1.165) is 21.2 Å². The average molecular weight is 289 g/mol. The minimum atomic E-state index is 0.187. The lowest BCUT2D eigenvalue weighted by Gasteiger charge is -2.03. The Kier molecular flexibility index (Phi) is 3.75. The average Bonchev–Trinajstić information content (AvgIpc) is 2.39. The summed E-state index contributed by atoms with van der Waals surface area (Å²) in [5, 5.41) is 0. The van der Waals surface area contributed by atoms with Crippen molar-refractivity contribution in [3.63, 3.8) is 0 Å². The van der Waals surface area contributed by atoms with Crippen LogP contribution >= 0.6 is 15.9 Å². The summed E-state index contributed by atoms with van der Waals surface area (Å²) in [6.07, 6.45) is 0.553. The second-order valence-electron chi connectivity index (χ2n) is 3.86. The molecule has 0 saturated heterocycles. The molecule has 0 heterocycles. The number of ketones is 1. The van der Waals surface area contributed by atoms with E-state index in [1.807, 2.05) is 43.3 Å². The van der Waals surface area contributed by atoms with Crippen LogP contribution in [0.4, 0.5) is 0 Å². The second-order valence-corrected chi connectivity index (χ2v) is 4.78.